The fraction of sp³-hybridized carbons (Fsp3) is 0.222. The molecule has 2 amide bonds. The number of hydrogen-bond acceptors (Lipinski definition) is 4. The number of hydrogen-bond donors (Lipinski definition) is 2. The van der Waals surface area contributed by atoms with Crippen molar-refractivity contribution in [2.45, 2.75) is 25.4 Å². The van der Waals surface area contributed by atoms with Crippen LogP contribution in [0, 0.1) is 0 Å². The quantitative estimate of drug-likeness (QED) is 0.838. The maximum absolute atomic E-state index is 12.3. The number of rotatable bonds is 3. The number of nitrogens with zero attached hydrogens (tertiary/aromatic N) is 1. The Balaban J connectivity index is 1.76. The Morgan fingerprint density at radius 3 is 2.43 bits per heavy atom. The first-order chi connectivity index (χ1) is 10.9. The molecule has 0 saturated carbocycles. The van der Waals surface area contributed by atoms with Crippen LogP contribution in [0.15, 0.2) is 60.0 Å². The van der Waals surface area contributed by atoms with Gasteiger partial charge in [-0.25, -0.2) is 4.90 Å². The zero-order valence-electron chi connectivity index (χ0n) is 12.8. The Kier molecular flexibility index (Phi) is 3.66. The number of imide groups is 1. The van der Waals surface area contributed by atoms with E-state index in [0.717, 1.165) is 10.5 Å². The van der Waals surface area contributed by atoms with Crippen molar-refractivity contribution in [1.82, 2.24) is 4.90 Å². The molecule has 0 saturated heterocycles. The summed E-state index contributed by atoms with van der Waals surface area (Å²) in [6, 6.07) is 6.72. The van der Waals surface area contributed by atoms with Gasteiger partial charge in [-0.05, 0) is 31.1 Å². The van der Waals surface area contributed by atoms with Gasteiger partial charge in [-0.3, -0.25) is 9.59 Å². The van der Waals surface area contributed by atoms with Gasteiger partial charge in [0.25, 0.3) is 11.8 Å². The van der Waals surface area contributed by atoms with E-state index in [1.165, 1.54) is 6.20 Å². The minimum atomic E-state index is -0.829. The molecular formula is C18H18N2O3. The van der Waals surface area contributed by atoms with Crippen molar-refractivity contribution >= 4 is 11.8 Å². The maximum atomic E-state index is 12.3. The number of fused-ring (bicyclic) bond motifs is 1. The van der Waals surface area contributed by atoms with Crippen LogP contribution in [-0.2, 0) is 0 Å². The molecule has 5 nitrogen and oxygen atoms in total. The molecule has 0 radical (unpaired) electrons. The van der Waals surface area contributed by atoms with Crippen LogP contribution >= 0.6 is 0 Å². The number of carbonyl (C=O) groups is 2. The topological polar surface area (TPSA) is 83.6 Å². The largest absolute Gasteiger partial charge is 0.401 e. The van der Waals surface area contributed by atoms with Gasteiger partial charge >= 0.3 is 0 Å². The van der Waals surface area contributed by atoms with Crippen LogP contribution in [0.1, 0.15) is 40.5 Å². The van der Waals surface area contributed by atoms with E-state index >= 15 is 0 Å². The Hall–Kier alpha value is -2.66. The minimum absolute atomic E-state index is 0.357. The van der Waals surface area contributed by atoms with Crippen molar-refractivity contribution in [3.63, 3.8) is 0 Å². The number of aliphatic hydroxyl groups is 1. The van der Waals surface area contributed by atoms with Crippen molar-refractivity contribution in [1.29, 1.82) is 0 Å². The van der Waals surface area contributed by atoms with Gasteiger partial charge in [0.05, 0.1) is 16.7 Å². The van der Waals surface area contributed by atoms with Crippen LogP contribution in [0.3, 0.4) is 0 Å². The molecule has 0 spiro atoms. The molecule has 1 atom stereocenters. The van der Waals surface area contributed by atoms with Gasteiger partial charge in [0.15, 0.2) is 0 Å². The molecule has 0 fully saturated rings. The van der Waals surface area contributed by atoms with Crippen LogP contribution in [0.25, 0.3) is 0 Å². The number of carbonyl (C=O) groups excluding carboxylic acids is 2. The second kappa shape index (κ2) is 5.52. The number of amides is 2. The molecular weight excluding hydrogens is 292 g/mol. The third-order valence-corrected chi connectivity index (χ3v) is 3.96. The lowest BCUT2D eigenvalue weighted by Crippen LogP contribution is -2.25. The van der Waals surface area contributed by atoms with E-state index in [1.807, 2.05) is 12.2 Å². The molecule has 118 valence electrons. The van der Waals surface area contributed by atoms with E-state index in [0.29, 0.717) is 29.7 Å². The van der Waals surface area contributed by atoms with Crippen molar-refractivity contribution in [3.8, 4) is 0 Å². The summed E-state index contributed by atoms with van der Waals surface area (Å²) in [5, 5.41) is 9.85. The molecule has 3 rings (SSSR count). The monoisotopic (exact) mass is 310 g/mol. The van der Waals surface area contributed by atoms with Gasteiger partial charge in [-0.15, -0.1) is 0 Å². The Morgan fingerprint density at radius 2 is 1.91 bits per heavy atom. The average molecular weight is 310 g/mol. The normalized spacial score (nSPS) is 24.0. The molecule has 2 aliphatic rings. The van der Waals surface area contributed by atoms with Crippen LogP contribution in [0.4, 0.5) is 0 Å². The predicted molar refractivity (Wildman–Crippen MR) is 86.3 cm³/mol. The van der Waals surface area contributed by atoms with Crippen molar-refractivity contribution < 1.29 is 14.7 Å². The SMILES string of the molecule is CC1(O)C=CC(C/C(N)=C/N2C(=O)c3ccccc3C2=O)=CC1. The molecule has 0 bridgehead atoms. The average Bonchev–Trinajstić information content (AvgIpc) is 2.75. The Labute approximate surface area is 134 Å². The van der Waals surface area contributed by atoms with E-state index in [2.05, 4.69) is 0 Å². The number of benzene rings is 1. The number of nitrogens with two attached hydrogens (primary N) is 1. The lowest BCUT2D eigenvalue weighted by Gasteiger charge is -2.21. The zero-order chi connectivity index (χ0) is 16.6. The molecule has 1 aromatic carbocycles. The standard InChI is InChI=1S/C18H18N2O3/c1-18(23)8-6-12(7-9-18)10-13(19)11-20-16(21)14-4-2-3-5-15(14)17(20)22/h2-8,11,23H,9-10,19H2,1H3/b13-11-. The van der Waals surface area contributed by atoms with Crippen LogP contribution in [0.5, 0.6) is 0 Å². The van der Waals surface area contributed by atoms with E-state index < -0.39 is 5.60 Å². The molecule has 5 heteroatoms. The highest BCUT2D eigenvalue weighted by Crippen LogP contribution is 2.25. The summed E-state index contributed by atoms with van der Waals surface area (Å²) in [4.78, 5) is 25.6. The van der Waals surface area contributed by atoms with E-state index in [4.69, 9.17) is 5.73 Å². The molecule has 1 unspecified atom stereocenters. The summed E-state index contributed by atoms with van der Waals surface area (Å²) in [5.41, 5.74) is 7.32. The van der Waals surface area contributed by atoms with Crippen molar-refractivity contribution in [2.24, 2.45) is 5.73 Å². The highest BCUT2D eigenvalue weighted by molar-refractivity contribution is 6.22. The van der Waals surface area contributed by atoms with Gasteiger partial charge in [-0.2, -0.15) is 0 Å². The minimum Gasteiger partial charge on any atom is -0.401 e. The lowest BCUT2D eigenvalue weighted by atomic mass is 9.92. The van der Waals surface area contributed by atoms with Gasteiger partial charge in [0.2, 0.25) is 0 Å². The third kappa shape index (κ3) is 2.96. The van der Waals surface area contributed by atoms with Crippen LogP contribution < -0.4 is 5.73 Å². The summed E-state index contributed by atoms with van der Waals surface area (Å²) >= 11 is 0. The van der Waals surface area contributed by atoms with Crippen molar-refractivity contribution in [2.75, 3.05) is 0 Å². The summed E-state index contributed by atoms with van der Waals surface area (Å²) in [6.45, 7) is 1.73. The van der Waals surface area contributed by atoms with Gasteiger partial charge < -0.3 is 10.8 Å². The van der Waals surface area contributed by atoms with Gasteiger partial charge in [0, 0.05) is 18.3 Å². The molecule has 0 aromatic heterocycles. The predicted octanol–water partition coefficient (Wildman–Crippen LogP) is 2.11. The van der Waals surface area contributed by atoms with Gasteiger partial charge in [0.1, 0.15) is 0 Å². The first-order valence-corrected chi connectivity index (χ1v) is 7.41. The van der Waals surface area contributed by atoms with Gasteiger partial charge in [-0.1, -0.05) is 30.4 Å². The molecule has 23 heavy (non-hydrogen) atoms. The Morgan fingerprint density at radius 1 is 1.30 bits per heavy atom. The summed E-state index contributed by atoms with van der Waals surface area (Å²) in [5.74, 6) is -0.714. The fourth-order valence-corrected chi connectivity index (χ4v) is 2.66. The van der Waals surface area contributed by atoms with E-state index in [-0.39, 0.29) is 11.8 Å². The summed E-state index contributed by atoms with van der Waals surface area (Å²) < 4.78 is 0. The first kappa shape index (κ1) is 15.2. The fourth-order valence-electron chi connectivity index (χ4n) is 2.66. The molecule has 1 aliphatic carbocycles. The van der Waals surface area contributed by atoms with E-state index in [9.17, 15) is 14.7 Å². The molecule has 1 aromatic rings. The van der Waals surface area contributed by atoms with Crippen molar-refractivity contribution in [3.05, 3.63) is 71.1 Å². The highest BCUT2D eigenvalue weighted by Gasteiger charge is 2.34. The molecule has 3 N–H and O–H groups in total. The summed E-state index contributed by atoms with van der Waals surface area (Å²) in [6.07, 6.45) is 7.76. The first-order valence-electron chi connectivity index (χ1n) is 7.41. The number of allylic oxidation sites excluding steroid dienone is 2. The Bertz CT molecular complexity index is 737. The van der Waals surface area contributed by atoms with E-state index in [1.54, 1.807) is 37.3 Å². The van der Waals surface area contributed by atoms with Crippen LogP contribution in [-0.4, -0.2) is 27.4 Å². The smallest absolute Gasteiger partial charge is 0.265 e. The zero-order valence-corrected chi connectivity index (χ0v) is 12.8. The lowest BCUT2D eigenvalue weighted by molar-refractivity contribution is 0.0719. The summed E-state index contributed by atoms with van der Waals surface area (Å²) in [7, 11) is 0. The molecule has 1 heterocycles. The third-order valence-electron chi connectivity index (χ3n) is 3.96. The highest BCUT2D eigenvalue weighted by atomic mass is 16.3. The molecule has 1 aliphatic heterocycles. The van der Waals surface area contributed by atoms with Crippen LogP contribution in [0.2, 0.25) is 0 Å². The second-order valence-electron chi connectivity index (χ2n) is 6.08. The second-order valence-corrected chi connectivity index (χ2v) is 6.08. The maximum Gasteiger partial charge on any atom is 0.265 e.